The Kier molecular flexibility index (Phi) is 6.35. The fourth-order valence-corrected chi connectivity index (χ4v) is 5.83. The lowest BCUT2D eigenvalue weighted by molar-refractivity contribution is -0.132. The van der Waals surface area contributed by atoms with E-state index >= 15 is 0 Å². The Labute approximate surface area is 225 Å². The van der Waals surface area contributed by atoms with Crippen molar-refractivity contribution >= 4 is 44.1 Å². The van der Waals surface area contributed by atoms with Crippen molar-refractivity contribution in [3.05, 3.63) is 94.1 Å². The number of amides is 1. The molecule has 6 nitrogen and oxygen atoms in total. The van der Waals surface area contributed by atoms with Gasteiger partial charge in [-0.1, -0.05) is 69.4 Å². The van der Waals surface area contributed by atoms with Gasteiger partial charge in [-0.3, -0.25) is 14.5 Å². The van der Waals surface area contributed by atoms with Gasteiger partial charge in [0.1, 0.15) is 11.5 Å². The maximum atomic E-state index is 13.6. The molecule has 0 spiro atoms. The van der Waals surface area contributed by atoms with Crippen LogP contribution in [0, 0.1) is 6.92 Å². The predicted molar refractivity (Wildman–Crippen MR) is 152 cm³/mol. The summed E-state index contributed by atoms with van der Waals surface area (Å²) in [5, 5.41) is 21.9. The second-order valence-electron chi connectivity index (χ2n) is 10.7. The summed E-state index contributed by atoms with van der Waals surface area (Å²) in [7, 11) is 0. The Hall–Kier alpha value is -3.97. The zero-order valence-electron chi connectivity index (χ0n) is 22.1. The number of aliphatic hydroxyl groups is 1. The molecule has 1 atom stereocenters. The molecule has 194 valence electrons. The molecule has 1 aliphatic heterocycles. The molecule has 0 radical (unpaired) electrons. The van der Waals surface area contributed by atoms with Gasteiger partial charge in [0.05, 0.1) is 21.8 Å². The fourth-order valence-electron chi connectivity index (χ4n) is 4.77. The van der Waals surface area contributed by atoms with Gasteiger partial charge in [0.15, 0.2) is 5.13 Å². The van der Waals surface area contributed by atoms with Crippen LogP contribution in [0.15, 0.2) is 66.2 Å². The second kappa shape index (κ2) is 9.40. The Morgan fingerprint density at radius 2 is 1.74 bits per heavy atom. The Morgan fingerprint density at radius 3 is 2.39 bits per heavy atom. The van der Waals surface area contributed by atoms with Crippen LogP contribution in [0.5, 0.6) is 5.75 Å². The molecule has 0 aliphatic carbocycles. The van der Waals surface area contributed by atoms with E-state index in [0.717, 1.165) is 33.3 Å². The van der Waals surface area contributed by atoms with Crippen molar-refractivity contribution in [1.29, 1.82) is 0 Å². The van der Waals surface area contributed by atoms with Gasteiger partial charge in [0, 0.05) is 5.56 Å². The number of hydrogen-bond acceptors (Lipinski definition) is 6. The number of carbonyl (C=O) groups excluding carboxylic acids is 2. The third-order valence-corrected chi connectivity index (χ3v) is 8.09. The zero-order valence-corrected chi connectivity index (χ0v) is 22.9. The second-order valence-corrected chi connectivity index (χ2v) is 11.7. The molecule has 0 bridgehead atoms. The smallest absolute Gasteiger partial charge is 0.301 e. The number of phenolic OH excluding ortho intramolecular Hbond substituents is 1. The summed E-state index contributed by atoms with van der Waals surface area (Å²) in [5.74, 6) is -1.67. The third-order valence-electron chi connectivity index (χ3n) is 7.07. The Bertz CT molecular complexity index is 1610. The number of aryl methyl sites for hydroxylation is 2. The number of Topliss-reactive ketones (excluding diaryl/α,β-unsaturated/α-hetero) is 1. The van der Waals surface area contributed by atoms with Gasteiger partial charge in [-0.15, -0.1) is 0 Å². The summed E-state index contributed by atoms with van der Waals surface area (Å²) >= 11 is 1.34. The lowest BCUT2D eigenvalue weighted by Crippen LogP contribution is -2.29. The molecule has 1 amide bonds. The SMILES string of the molecule is CCc1ccc2nc(N3C(=O)C(=O)/C(=C(/O)c4cc(C(C)(C)C)ccc4C)C3c3ccc(O)cc3)sc2c1. The number of fused-ring (bicyclic) bond motifs is 1. The van der Waals surface area contributed by atoms with Crippen molar-refractivity contribution in [2.45, 2.75) is 52.5 Å². The van der Waals surface area contributed by atoms with E-state index in [2.05, 4.69) is 27.7 Å². The van der Waals surface area contributed by atoms with Crippen LogP contribution >= 0.6 is 11.3 Å². The number of aromatic nitrogens is 1. The number of aromatic hydroxyl groups is 1. The molecule has 3 aromatic carbocycles. The van der Waals surface area contributed by atoms with Crippen molar-refractivity contribution in [2.75, 3.05) is 4.90 Å². The lowest BCUT2D eigenvalue weighted by atomic mass is 9.84. The van der Waals surface area contributed by atoms with Crippen molar-refractivity contribution in [2.24, 2.45) is 0 Å². The van der Waals surface area contributed by atoms with Crippen molar-refractivity contribution in [3.63, 3.8) is 0 Å². The minimum absolute atomic E-state index is 0.00310. The van der Waals surface area contributed by atoms with E-state index in [1.165, 1.54) is 28.4 Å². The number of benzene rings is 3. The highest BCUT2D eigenvalue weighted by molar-refractivity contribution is 7.22. The number of phenols is 1. The minimum Gasteiger partial charge on any atom is -0.508 e. The fraction of sp³-hybridized carbons (Fsp3) is 0.258. The van der Waals surface area contributed by atoms with Crippen molar-refractivity contribution in [3.8, 4) is 5.75 Å². The summed E-state index contributed by atoms with van der Waals surface area (Å²) in [6, 6.07) is 17.2. The minimum atomic E-state index is -0.903. The number of aliphatic hydroxyl groups excluding tert-OH is 1. The maximum absolute atomic E-state index is 13.6. The van der Waals surface area contributed by atoms with Gasteiger partial charge >= 0.3 is 5.91 Å². The quantitative estimate of drug-likeness (QED) is 0.173. The van der Waals surface area contributed by atoms with Gasteiger partial charge in [-0.2, -0.15) is 0 Å². The Morgan fingerprint density at radius 1 is 1.03 bits per heavy atom. The third kappa shape index (κ3) is 4.37. The summed E-state index contributed by atoms with van der Waals surface area (Å²) < 4.78 is 0.916. The van der Waals surface area contributed by atoms with Crippen LogP contribution in [0.2, 0.25) is 0 Å². The first-order valence-electron chi connectivity index (χ1n) is 12.6. The van der Waals surface area contributed by atoms with Crippen LogP contribution in [0.3, 0.4) is 0 Å². The molecule has 2 N–H and O–H groups in total. The molecule has 1 fully saturated rings. The van der Waals surface area contributed by atoms with E-state index < -0.39 is 17.7 Å². The molecule has 0 saturated carbocycles. The first-order valence-corrected chi connectivity index (χ1v) is 13.4. The van der Waals surface area contributed by atoms with Gasteiger partial charge in [-0.05, 0) is 71.3 Å². The van der Waals surface area contributed by atoms with Crippen LogP contribution in [-0.4, -0.2) is 26.9 Å². The zero-order chi connectivity index (χ0) is 27.4. The van der Waals surface area contributed by atoms with Gasteiger partial charge in [0.2, 0.25) is 0 Å². The van der Waals surface area contributed by atoms with Crippen LogP contribution in [0.4, 0.5) is 5.13 Å². The van der Waals surface area contributed by atoms with E-state index in [9.17, 15) is 19.8 Å². The number of anilines is 1. The molecule has 38 heavy (non-hydrogen) atoms. The Balaban J connectivity index is 1.74. The average Bonchev–Trinajstić information content (AvgIpc) is 3.41. The molecule has 2 heterocycles. The number of nitrogens with zero attached hydrogens (tertiary/aromatic N) is 2. The monoisotopic (exact) mass is 526 g/mol. The normalized spacial score (nSPS) is 17.5. The van der Waals surface area contributed by atoms with Gasteiger partial charge < -0.3 is 10.2 Å². The molecule has 5 rings (SSSR count). The van der Waals surface area contributed by atoms with Crippen LogP contribution in [0.1, 0.15) is 61.6 Å². The number of ketones is 1. The topological polar surface area (TPSA) is 90.7 Å². The van der Waals surface area contributed by atoms with Crippen molar-refractivity contribution in [1.82, 2.24) is 4.98 Å². The van der Waals surface area contributed by atoms with E-state index in [0.29, 0.717) is 16.3 Å². The van der Waals surface area contributed by atoms with Crippen LogP contribution in [-0.2, 0) is 21.4 Å². The van der Waals surface area contributed by atoms with Crippen LogP contribution in [0.25, 0.3) is 16.0 Å². The average molecular weight is 527 g/mol. The first-order chi connectivity index (χ1) is 18.0. The maximum Gasteiger partial charge on any atom is 0.301 e. The highest BCUT2D eigenvalue weighted by atomic mass is 32.1. The van der Waals surface area contributed by atoms with Gasteiger partial charge in [-0.25, -0.2) is 4.98 Å². The molecule has 1 aromatic heterocycles. The number of rotatable bonds is 4. The molecular weight excluding hydrogens is 496 g/mol. The van der Waals surface area contributed by atoms with Crippen molar-refractivity contribution < 1.29 is 19.8 Å². The van der Waals surface area contributed by atoms with E-state index in [1.54, 1.807) is 12.1 Å². The predicted octanol–water partition coefficient (Wildman–Crippen LogP) is 6.80. The standard InChI is InChI=1S/C31H30N2O4S/c1-6-18-8-14-23-24(15-18)38-30(32-23)33-26(19-9-12-21(34)13-10-19)25(28(36)29(33)37)27(35)22-16-20(31(3,4)5)11-7-17(22)2/h7-16,26,34-35H,6H2,1-5H3/b27-25+. The number of carbonyl (C=O) groups is 2. The molecule has 4 aromatic rings. The molecule has 7 heteroatoms. The molecular formula is C31H30N2O4S. The molecule has 1 unspecified atom stereocenters. The largest absolute Gasteiger partial charge is 0.508 e. The summed E-state index contributed by atoms with van der Waals surface area (Å²) in [4.78, 5) is 33.2. The summed E-state index contributed by atoms with van der Waals surface area (Å²) in [6.45, 7) is 10.2. The summed E-state index contributed by atoms with van der Waals surface area (Å²) in [6.07, 6.45) is 0.869. The summed E-state index contributed by atoms with van der Waals surface area (Å²) in [5.41, 5.74) is 4.60. The van der Waals surface area contributed by atoms with E-state index in [4.69, 9.17) is 4.98 Å². The number of thiazole rings is 1. The first kappa shape index (κ1) is 25.7. The molecule has 1 saturated heterocycles. The number of hydrogen-bond donors (Lipinski definition) is 2. The van der Waals surface area contributed by atoms with Crippen LogP contribution < -0.4 is 4.90 Å². The van der Waals surface area contributed by atoms with Gasteiger partial charge in [0.25, 0.3) is 5.78 Å². The highest BCUT2D eigenvalue weighted by Gasteiger charge is 2.48. The highest BCUT2D eigenvalue weighted by Crippen LogP contribution is 2.45. The van der Waals surface area contributed by atoms with E-state index in [-0.39, 0.29) is 22.5 Å². The van der Waals surface area contributed by atoms with E-state index in [1.807, 2.05) is 43.3 Å². The lowest BCUT2D eigenvalue weighted by Gasteiger charge is -2.24. The molecule has 1 aliphatic rings.